The summed E-state index contributed by atoms with van der Waals surface area (Å²) in [6, 6.07) is 18.6. The smallest absolute Gasteiger partial charge is 0.407 e. The minimum atomic E-state index is -3.93. The van der Waals surface area contributed by atoms with Gasteiger partial charge in [-0.2, -0.15) is 0 Å². The molecule has 0 saturated carbocycles. The van der Waals surface area contributed by atoms with Crippen molar-refractivity contribution in [3.8, 4) is 0 Å². The van der Waals surface area contributed by atoms with Gasteiger partial charge in [-0.05, 0) is 30.4 Å². The number of amides is 1. The molecule has 1 unspecified atom stereocenters. The van der Waals surface area contributed by atoms with Gasteiger partial charge in [0.1, 0.15) is 13.2 Å². The van der Waals surface area contributed by atoms with E-state index in [4.69, 9.17) is 9.62 Å². The second-order valence-corrected chi connectivity index (χ2v) is 7.83. The molecule has 0 fully saturated rings. The topological polar surface area (TPSA) is 94.1 Å². The van der Waals surface area contributed by atoms with Crippen molar-refractivity contribution in [3.63, 3.8) is 0 Å². The summed E-state index contributed by atoms with van der Waals surface area (Å²) < 4.78 is 21.5. The number of ether oxygens (including phenoxy) is 1. The maximum atomic E-state index is 11.8. The summed E-state index contributed by atoms with van der Waals surface area (Å²) >= 11 is 0. The minimum absolute atomic E-state index is 0.0886. The summed E-state index contributed by atoms with van der Waals surface area (Å²) in [7, 11) is -3.93. The van der Waals surface area contributed by atoms with Crippen LogP contribution in [0.15, 0.2) is 72.6 Å². The molecule has 8 heteroatoms. The van der Waals surface area contributed by atoms with Crippen LogP contribution in [-0.4, -0.2) is 17.5 Å². The first kappa shape index (κ1) is 22.8. The Kier molecular flexibility index (Phi) is 10.2. The Morgan fingerprint density at radius 1 is 0.966 bits per heavy atom. The summed E-state index contributed by atoms with van der Waals surface area (Å²) in [6.45, 7) is 0.785. The quantitative estimate of drug-likeness (QED) is 0.219. The summed E-state index contributed by atoms with van der Waals surface area (Å²) in [4.78, 5) is 26.1. The third kappa shape index (κ3) is 10.6. The Morgan fingerprint density at radius 2 is 1.59 bits per heavy atom. The lowest BCUT2D eigenvalue weighted by Crippen LogP contribution is -2.25. The van der Waals surface area contributed by atoms with E-state index < -0.39 is 13.7 Å². The Balaban J connectivity index is 1.50. The summed E-state index contributed by atoms with van der Waals surface area (Å²) in [5.74, 6) is 1.11. The highest BCUT2D eigenvalue weighted by Crippen LogP contribution is 2.44. The largest absolute Gasteiger partial charge is 0.445 e. The molecule has 1 amide bonds. The van der Waals surface area contributed by atoms with Crippen molar-refractivity contribution in [1.29, 1.82) is 0 Å². The van der Waals surface area contributed by atoms with Gasteiger partial charge in [-0.3, -0.25) is 4.57 Å². The molecule has 2 N–H and O–H groups in total. The highest BCUT2D eigenvalue weighted by atomic mass is 31.2. The van der Waals surface area contributed by atoms with Gasteiger partial charge in [0.25, 0.3) is 0 Å². The maximum absolute atomic E-state index is 11.8. The monoisotopic (exact) mass is 419 g/mol. The molecule has 156 valence electrons. The Morgan fingerprint density at radius 3 is 2.24 bits per heavy atom. The number of hydrogen-bond acceptors (Lipinski definition) is 5. The first-order valence-corrected chi connectivity index (χ1v) is 11.0. The van der Waals surface area contributed by atoms with E-state index in [9.17, 15) is 14.3 Å². The second-order valence-electron chi connectivity index (χ2n) is 6.26. The van der Waals surface area contributed by atoms with E-state index in [2.05, 4.69) is 9.99 Å². The Labute approximate surface area is 170 Å². The van der Waals surface area contributed by atoms with Crippen molar-refractivity contribution in [2.75, 3.05) is 6.54 Å². The molecule has 7 nitrogen and oxygen atoms in total. The number of benzene rings is 2. The van der Waals surface area contributed by atoms with Crippen LogP contribution in [0.2, 0.25) is 0 Å². The molecule has 2 rings (SSSR count). The van der Waals surface area contributed by atoms with E-state index in [1.165, 1.54) is 0 Å². The van der Waals surface area contributed by atoms with Crippen LogP contribution in [0.25, 0.3) is 0 Å². The molecule has 0 aliphatic heterocycles. The third-order valence-electron chi connectivity index (χ3n) is 3.80. The van der Waals surface area contributed by atoms with Crippen molar-refractivity contribution in [1.82, 2.24) is 5.32 Å². The standard InChI is InChI=1S/C21H26NO6P/c23-21(26-17-19-11-5-3-6-12-19)22-15-9-1-2-10-16-29(24,25)28-27-18-20-13-7-4-8-14-20/h3-8,10-14,16H,1-2,9,15,17-18H2,(H,22,23)(H,24,25). The van der Waals surface area contributed by atoms with Crippen LogP contribution in [-0.2, 0) is 32.1 Å². The predicted octanol–water partition coefficient (Wildman–Crippen LogP) is 4.93. The highest BCUT2D eigenvalue weighted by molar-refractivity contribution is 7.56. The van der Waals surface area contributed by atoms with Crippen LogP contribution in [0, 0.1) is 0 Å². The van der Waals surface area contributed by atoms with Gasteiger partial charge in [-0.1, -0.05) is 66.7 Å². The van der Waals surface area contributed by atoms with Gasteiger partial charge < -0.3 is 14.9 Å². The second kappa shape index (κ2) is 12.9. The number of hydrogen-bond donors (Lipinski definition) is 2. The van der Waals surface area contributed by atoms with Crippen LogP contribution in [0.4, 0.5) is 4.79 Å². The SMILES string of the molecule is O=C(NCCCCC=CP(=O)(O)OOCc1ccccc1)OCc1ccccc1. The van der Waals surface area contributed by atoms with Gasteiger partial charge in [-0.15, -0.1) is 4.67 Å². The molecular weight excluding hydrogens is 393 g/mol. The zero-order chi connectivity index (χ0) is 20.8. The summed E-state index contributed by atoms with van der Waals surface area (Å²) in [5, 5.41) is 2.67. The van der Waals surface area contributed by atoms with Crippen molar-refractivity contribution in [3.05, 3.63) is 83.7 Å². The van der Waals surface area contributed by atoms with Crippen LogP contribution >= 0.6 is 7.60 Å². The molecule has 0 aromatic heterocycles. The molecule has 2 aromatic rings. The molecule has 0 spiro atoms. The molecule has 2 aromatic carbocycles. The van der Waals surface area contributed by atoms with Crippen LogP contribution in [0.5, 0.6) is 0 Å². The lowest BCUT2D eigenvalue weighted by Gasteiger charge is -2.07. The summed E-state index contributed by atoms with van der Waals surface area (Å²) in [6.07, 6.45) is 3.13. The third-order valence-corrected chi connectivity index (χ3v) is 4.71. The van der Waals surface area contributed by atoms with Gasteiger partial charge in [0.2, 0.25) is 0 Å². The number of rotatable bonds is 12. The van der Waals surface area contributed by atoms with Gasteiger partial charge >= 0.3 is 13.7 Å². The molecule has 0 heterocycles. The molecule has 0 radical (unpaired) electrons. The fraction of sp³-hybridized carbons (Fsp3) is 0.286. The van der Waals surface area contributed by atoms with Gasteiger partial charge in [-0.25, -0.2) is 9.68 Å². The molecule has 1 atom stereocenters. The number of nitrogens with one attached hydrogen (secondary N) is 1. The van der Waals surface area contributed by atoms with E-state index in [0.29, 0.717) is 19.4 Å². The lowest BCUT2D eigenvalue weighted by atomic mass is 10.2. The van der Waals surface area contributed by atoms with Gasteiger partial charge in [0, 0.05) is 12.4 Å². The Hall–Kier alpha value is -2.44. The molecule has 0 aliphatic rings. The fourth-order valence-electron chi connectivity index (χ4n) is 2.33. The van der Waals surface area contributed by atoms with Crippen molar-refractivity contribution in [2.24, 2.45) is 0 Å². The van der Waals surface area contributed by atoms with Crippen LogP contribution < -0.4 is 5.32 Å². The van der Waals surface area contributed by atoms with Crippen LogP contribution in [0.3, 0.4) is 0 Å². The molecule has 0 aliphatic carbocycles. The number of carbonyl (C=O) groups is 1. The van der Waals surface area contributed by atoms with Crippen molar-refractivity contribution in [2.45, 2.75) is 32.5 Å². The predicted molar refractivity (Wildman–Crippen MR) is 110 cm³/mol. The zero-order valence-electron chi connectivity index (χ0n) is 16.1. The minimum Gasteiger partial charge on any atom is -0.445 e. The van der Waals surface area contributed by atoms with Crippen molar-refractivity contribution >= 4 is 13.7 Å². The normalized spacial score (nSPS) is 13.1. The van der Waals surface area contributed by atoms with Crippen molar-refractivity contribution < 1.29 is 28.6 Å². The first-order valence-electron chi connectivity index (χ1n) is 9.35. The fourth-order valence-corrected chi connectivity index (χ4v) is 3.00. The van der Waals surface area contributed by atoms with E-state index >= 15 is 0 Å². The highest BCUT2D eigenvalue weighted by Gasteiger charge is 2.15. The molecule has 0 bridgehead atoms. The summed E-state index contributed by atoms with van der Waals surface area (Å²) in [5.41, 5.74) is 1.77. The Bertz CT molecular complexity index is 797. The van der Waals surface area contributed by atoms with E-state index in [1.807, 2.05) is 60.7 Å². The molecular formula is C21H26NO6P. The van der Waals surface area contributed by atoms with Gasteiger partial charge in [0.15, 0.2) is 0 Å². The number of alkyl carbamates (subject to hydrolysis) is 1. The number of carbonyl (C=O) groups excluding carboxylic acids is 1. The zero-order valence-corrected chi connectivity index (χ0v) is 17.0. The molecule has 0 saturated heterocycles. The lowest BCUT2D eigenvalue weighted by molar-refractivity contribution is -0.222. The van der Waals surface area contributed by atoms with E-state index in [0.717, 1.165) is 23.4 Å². The first-order chi connectivity index (χ1) is 14.1. The number of unbranched alkanes of at least 4 members (excludes halogenated alkanes) is 2. The number of allylic oxidation sites excluding steroid dienone is 1. The molecule has 29 heavy (non-hydrogen) atoms. The van der Waals surface area contributed by atoms with E-state index in [1.54, 1.807) is 6.08 Å². The maximum Gasteiger partial charge on any atom is 0.407 e. The average molecular weight is 419 g/mol. The average Bonchev–Trinajstić information content (AvgIpc) is 2.73. The van der Waals surface area contributed by atoms with Gasteiger partial charge in [0.05, 0.1) is 0 Å². The van der Waals surface area contributed by atoms with E-state index in [-0.39, 0.29) is 13.2 Å². The van der Waals surface area contributed by atoms with Crippen LogP contribution in [0.1, 0.15) is 30.4 Å².